The third-order valence-corrected chi connectivity index (χ3v) is 8.21. The maximum absolute atomic E-state index is 13.1. The van der Waals surface area contributed by atoms with Crippen LogP contribution in [0.3, 0.4) is 0 Å². The van der Waals surface area contributed by atoms with Crippen molar-refractivity contribution >= 4 is 13.7 Å². The summed E-state index contributed by atoms with van der Waals surface area (Å²) in [4.78, 5) is 4.51. The van der Waals surface area contributed by atoms with Crippen molar-refractivity contribution in [2.45, 2.75) is 40.9 Å². The van der Waals surface area contributed by atoms with Crippen LogP contribution in [-0.2, 0) is 26.8 Å². The lowest BCUT2D eigenvalue weighted by Gasteiger charge is -2.13. The third kappa shape index (κ3) is 8.13. The van der Waals surface area contributed by atoms with Gasteiger partial charge in [-0.25, -0.2) is 9.67 Å². The van der Waals surface area contributed by atoms with Gasteiger partial charge in [-0.15, -0.1) is 5.10 Å². The van der Waals surface area contributed by atoms with Crippen molar-refractivity contribution in [1.29, 1.82) is 0 Å². The highest BCUT2D eigenvalue weighted by Gasteiger charge is 2.21. The fraction of sp³-hybridized carbons (Fsp3) is 0.273. The van der Waals surface area contributed by atoms with Gasteiger partial charge in [-0.2, -0.15) is 0 Å². The summed E-state index contributed by atoms with van der Waals surface area (Å²) < 4.78 is 54.9. The average Bonchev–Trinajstić information content (AvgIpc) is 3.80. The Morgan fingerprint density at radius 3 is 2.40 bits per heavy atom. The molecule has 0 saturated heterocycles. The quantitative estimate of drug-likeness (QED) is 0.0983. The first-order valence-corrected chi connectivity index (χ1v) is 16.3. The van der Waals surface area contributed by atoms with Gasteiger partial charge >= 0.3 is 7.60 Å². The van der Waals surface area contributed by atoms with E-state index in [9.17, 15) is 4.57 Å². The third-order valence-electron chi connectivity index (χ3n) is 6.45. The first-order chi connectivity index (χ1) is 21.9. The molecule has 3 heterocycles. The van der Waals surface area contributed by atoms with Gasteiger partial charge < -0.3 is 32.1 Å². The Balaban J connectivity index is 1.33. The average molecular weight is 634 g/mol. The Labute approximate surface area is 261 Å². The summed E-state index contributed by atoms with van der Waals surface area (Å²) in [6, 6.07) is 18.8. The number of aromatic nitrogens is 3. The van der Waals surface area contributed by atoms with Gasteiger partial charge in [-0.1, -0.05) is 24.3 Å². The molecule has 12 heteroatoms. The smallest absolute Gasteiger partial charge is 0.354 e. The predicted molar refractivity (Wildman–Crippen MR) is 169 cm³/mol. The van der Waals surface area contributed by atoms with Crippen molar-refractivity contribution in [3.8, 4) is 34.7 Å². The molecule has 0 radical (unpaired) electrons. The zero-order valence-corrected chi connectivity index (χ0v) is 26.6. The minimum atomic E-state index is -3.43. The molecular formula is C33H36N3O8P. The van der Waals surface area contributed by atoms with E-state index in [1.165, 1.54) is 5.82 Å². The number of nitrogens with zero attached hydrogens (tertiary/aromatic N) is 3. The fourth-order valence-corrected chi connectivity index (χ4v) is 5.67. The molecule has 45 heavy (non-hydrogen) atoms. The van der Waals surface area contributed by atoms with E-state index in [-0.39, 0.29) is 26.4 Å². The molecule has 0 N–H and O–H groups in total. The second kappa shape index (κ2) is 14.9. The molecule has 0 saturated carbocycles. The van der Waals surface area contributed by atoms with Gasteiger partial charge in [0.2, 0.25) is 5.88 Å². The van der Waals surface area contributed by atoms with Crippen LogP contribution in [0.1, 0.15) is 43.4 Å². The minimum Gasteiger partial charge on any atom is -0.490 e. The molecule has 2 aromatic carbocycles. The van der Waals surface area contributed by atoms with Crippen LogP contribution < -0.4 is 14.2 Å². The topological polar surface area (TPSA) is 120 Å². The van der Waals surface area contributed by atoms with Crippen LogP contribution in [0.15, 0.2) is 87.8 Å². The number of benzene rings is 2. The van der Waals surface area contributed by atoms with Crippen LogP contribution in [0.25, 0.3) is 23.4 Å². The second-order valence-electron chi connectivity index (χ2n) is 9.65. The normalized spacial score (nSPS) is 11.7. The Morgan fingerprint density at radius 1 is 0.889 bits per heavy atom. The molecular weight excluding hydrogens is 597 g/mol. The lowest BCUT2D eigenvalue weighted by atomic mass is 10.2. The number of hydrogen-bond acceptors (Lipinski definition) is 10. The van der Waals surface area contributed by atoms with Crippen molar-refractivity contribution in [3.05, 3.63) is 102 Å². The van der Waals surface area contributed by atoms with Gasteiger partial charge in [0.25, 0.3) is 5.89 Å². The zero-order valence-electron chi connectivity index (χ0n) is 25.7. The van der Waals surface area contributed by atoms with E-state index >= 15 is 0 Å². The van der Waals surface area contributed by atoms with Gasteiger partial charge in [-0.3, -0.25) is 4.57 Å². The molecule has 0 atom stereocenters. The lowest BCUT2D eigenvalue weighted by molar-refractivity contribution is 0.229. The first kappa shape index (κ1) is 31.8. The van der Waals surface area contributed by atoms with Crippen LogP contribution in [0, 0.1) is 6.92 Å². The standard InChI is InChI=1S/C33H36N3O8P/c1-5-38-31-20-25(15-16-29(31)40-23-28-24(4)44-33(34-28)30-14-11-18-39-30)22-41-32-26(17-19-45(37,42-6-2)43-7-3)21-36(35-32)27-12-9-8-10-13-27/h8-21H,5-7,22-23H2,1-4H3. The van der Waals surface area contributed by atoms with E-state index in [1.54, 1.807) is 49.2 Å². The molecule has 0 spiro atoms. The van der Waals surface area contributed by atoms with Crippen molar-refractivity contribution in [1.82, 2.24) is 14.8 Å². The first-order valence-electron chi connectivity index (χ1n) is 14.7. The van der Waals surface area contributed by atoms with E-state index in [4.69, 9.17) is 32.1 Å². The van der Waals surface area contributed by atoms with Crippen LogP contribution in [0.5, 0.6) is 17.4 Å². The summed E-state index contributed by atoms with van der Waals surface area (Å²) >= 11 is 0. The highest BCUT2D eigenvalue weighted by Crippen LogP contribution is 2.50. The largest absolute Gasteiger partial charge is 0.490 e. The van der Waals surface area contributed by atoms with E-state index in [0.29, 0.717) is 52.7 Å². The van der Waals surface area contributed by atoms with E-state index < -0.39 is 7.60 Å². The number of oxazole rings is 1. The fourth-order valence-electron chi connectivity index (χ4n) is 4.36. The van der Waals surface area contributed by atoms with E-state index in [2.05, 4.69) is 10.1 Å². The number of hydrogen-bond donors (Lipinski definition) is 0. The maximum Gasteiger partial charge on any atom is 0.354 e. The van der Waals surface area contributed by atoms with Crippen molar-refractivity contribution in [2.24, 2.45) is 0 Å². The monoisotopic (exact) mass is 633 g/mol. The summed E-state index contributed by atoms with van der Waals surface area (Å²) in [5, 5.41) is 4.65. The van der Waals surface area contributed by atoms with E-state index in [1.807, 2.05) is 62.4 Å². The van der Waals surface area contributed by atoms with Crippen molar-refractivity contribution in [3.63, 3.8) is 0 Å². The minimum absolute atomic E-state index is 0.186. The number of para-hydroxylation sites is 1. The Hall–Kier alpha value is -4.57. The number of rotatable bonds is 16. The SMILES string of the molecule is CCOc1cc(COc2nn(-c3ccccc3)cc2C=CP(=O)(OCC)OCC)ccc1OCc1nc(-c2ccco2)oc1C. The predicted octanol–water partition coefficient (Wildman–Crippen LogP) is 8.22. The molecule has 0 unspecified atom stereocenters. The summed E-state index contributed by atoms with van der Waals surface area (Å²) in [7, 11) is -3.43. The Bertz CT molecular complexity index is 1730. The highest BCUT2D eigenvalue weighted by molar-refractivity contribution is 7.57. The lowest BCUT2D eigenvalue weighted by Crippen LogP contribution is -2.03. The molecule has 0 bridgehead atoms. The zero-order chi connectivity index (χ0) is 31.6. The summed E-state index contributed by atoms with van der Waals surface area (Å²) in [6.07, 6.45) is 5.02. The van der Waals surface area contributed by atoms with E-state index in [0.717, 1.165) is 11.3 Å². The number of aryl methyl sites for hydroxylation is 1. The molecule has 3 aromatic heterocycles. The molecule has 0 aliphatic heterocycles. The van der Waals surface area contributed by atoms with Crippen LogP contribution in [0.4, 0.5) is 0 Å². The molecule has 236 valence electrons. The molecule has 11 nitrogen and oxygen atoms in total. The highest BCUT2D eigenvalue weighted by atomic mass is 31.2. The molecule has 5 aromatic rings. The number of ether oxygens (including phenoxy) is 3. The van der Waals surface area contributed by atoms with Crippen LogP contribution in [-0.4, -0.2) is 34.6 Å². The molecule has 0 aliphatic rings. The Morgan fingerprint density at radius 2 is 1.69 bits per heavy atom. The van der Waals surface area contributed by atoms with Gasteiger partial charge in [-0.05, 0) is 75.7 Å². The molecule has 0 fully saturated rings. The maximum atomic E-state index is 13.1. The van der Waals surface area contributed by atoms with Crippen molar-refractivity contribution < 1.29 is 36.7 Å². The van der Waals surface area contributed by atoms with Gasteiger partial charge in [0.05, 0.1) is 37.3 Å². The van der Waals surface area contributed by atoms with Gasteiger partial charge in [0.1, 0.15) is 24.7 Å². The number of furan rings is 1. The van der Waals surface area contributed by atoms with Crippen LogP contribution >= 0.6 is 7.60 Å². The summed E-state index contributed by atoms with van der Waals surface area (Å²) in [5.41, 5.74) is 2.95. The molecule has 5 rings (SSSR count). The second-order valence-corrected chi connectivity index (χ2v) is 11.5. The van der Waals surface area contributed by atoms with Gasteiger partial charge in [0.15, 0.2) is 17.3 Å². The van der Waals surface area contributed by atoms with Crippen LogP contribution in [0.2, 0.25) is 0 Å². The molecule has 0 amide bonds. The van der Waals surface area contributed by atoms with Crippen molar-refractivity contribution in [2.75, 3.05) is 19.8 Å². The summed E-state index contributed by atoms with van der Waals surface area (Å²) in [5.74, 6) is 4.50. The summed E-state index contributed by atoms with van der Waals surface area (Å²) in [6.45, 7) is 8.59. The van der Waals surface area contributed by atoms with Gasteiger partial charge in [0, 0.05) is 12.0 Å². The molecule has 0 aliphatic carbocycles. The Kier molecular flexibility index (Phi) is 10.6.